The molecule has 0 fully saturated rings. The third-order valence-corrected chi connectivity index (χ3v) is 4.19. The van der Waals surface area contributed by atoms with Crippen LogP contribution < -0.4 is 5.32 Å². The minimum absolute atomic E-state index is 0.201. The predicted octanol–water partition coefficient (Wildman–Crippen LogP) is 3.58. The molecule has 0 radical (unpaired) electrons. The van der Waals surface area contributed by atoms with Crippen LogP contribution in [0.25, 0.3) is 0 Å². The minimum atomic E-state index is -0.972. The zero-order valence-corrected chi connectivity index (χ0v) is 13.5. The molecule has 0 saturated carbocycles. The topological polar surface area (TPSA) is 66.4 Å². The molecule has 0 spiro atoms. The lowest BCUT2D eigenvalue weighted by atomic mass is 10.1. The molecule has 116 valence electrons. The summed E-state index contributed by atoms with van der Waals surface area (Å²) in [5.74, 6) is -0.367. The summed E-state index contributed by atoms with van der Waals surface area (Å²) < 4.78 is 0. The lowest BCUT2D eigenvalue weighted by Crippen LogP contribution is -2.40. The van der Waals surface area contributed by atoms with E-state index in [4.69, 9.17) is 16.7 Å². The number of carboxylic acids is 1. The van der Waals surface area contributed by atoms with Crippen molar-refractivity contribution in [2.45, 2.75) is 43.5 Å². The SMILES string of the molecule is CCC[C@@H](NC(=O)CCCSc1ccc(Cl)cc1)C(=O)O. The quantitative estimate of drug-likeness (QED) is 0.537. The molecule has 1 atom stereocenters. The van der Waals surface area contributed by atoms with Crippen molar-refractivity contribution in [1.82, 2.24) is 5.32 Å². The largest absolute Gasteiger partial charge is 0.480 e. The molecular formula is C15H20ClNO3S. The smallest absolute Gasteiger partial charge is 0.326 e. The van der Waals surface area contributed by atoms with Gasteiger partial charge in [0.1, 0.15) is 6.04 Å². The van der Waals surface area contributed by atoms with Crippen LogP contribution in [-0.2, 0) is 9.59 Å². The second-order valence-corrected chi connectivity index (χ2v) is 6.26. The molecule has 21 heavy (non-hydrogen) atoms. The van der Waals surface area contributed by atoms with Crippen LogP contribution in [0.5, 0.6) is 0 Å². The van der Waals surface area contributed by atoms with Gasteiger partial charge < -0.3 is 10.4 Å². The van der Waals surface area contributed by atoms with Crippen LogP contribution >= 0.6 is 23.4 Å². The first-order chi connectivity index (χ1) is 10.0. The number of halogens is 1. The Morgan fingerprint density at radius 1 is 1.33 bits per heavy atom. The number of thioether (sulfide) groups is 1. The van der Waals surface area contributed by atoms with Gasteiger partial charge >= 0.3 is 5.97 Å². The van der Waals surface area contributed by atoms with Crippen molar-refractivity contribution >= 4 is 35.2 Å². The Morgan fingerprint density at radius 2 is 2.00 bits per heavy atom. The van der Waals surface area contributed by atoms with Crippen LogP contribution in [0, 0.1) is 0 Å². The van der Waals surface area contributed by atoms with Gasteiger partial charge in [-0.2, -0.15) is 0 Å². The fraction of sp³-hybridized carbons (Fsp3) is 0.467. The van der Waals surface area contributed by atoms with Crippen LogP contribution in [0.2, 0.25) is 5.02 Å². The van der Waals surface area contributed by atoms with E-state index in [0.29, 0.717) is 24.3 Å². The fourth-order valence-electron chi connectivity index (χ4n) is 1.77. The molecule has 0 aliphatic heterocycles. The summed E-state index contributed by atoms with van der Waals surface area (Å²) in [5.41, 5.74) is 0. The van der Waals surface area contributed by atoms with E-state index in [2.05, 4.69) is 5.32 Å². The number of rotatable bonds is 9. The molecule has 0 unspecified atom stereocenters. The van der Waals surface area contributed by atoms with Crippen LogP contribution in [-0.4, -0.2) is 28.8 Å². The van der Waals surface area contributed by atoms with E-state index in [1.165, 1.54) is 0 Å². The summed E-state index contributed by atoms with van der Waals surface area (Å²) in [6.45, 7) is 1.89. The van der Waals surface area contributed by atoms with E-state index in [-0.39, 0.29) is 5.91 Å². The maximum Gasteiger partial charge on any atom is 0.326 e. The Kier molecular flexibility index (Phi) is 8.23. The monoisotopic (exact) mass is 329 g/mol. The lowest BCUT2D eigenvalue weighted by Gasteiger charge is -2.13. The van der Waals surface area contributed by atoms with Gasteiger partial charge in [-0.25, -0.2) is 4.79 Å². The maximum absolute atomic E-state index is 11.7. The number of aliphatic carboxylic acids is 1. The van der Waals surface area contributed by atoms with Gasteiger partial charge in [0.05, 0.1) is 0 Å². The van der Waals surface area contributed by atoms with Gasteiger partial charge in [-0.15, -0.1) is 11.8 Å². The highest BCUT2D eigenvalue weighted by atomic mass is 35.5. The van der Waals surface area contributed by atoms with E-state index in [0.717, 1.165) is 17.1 Å². The molecule has 6 heteroatoms. The van der Waals surface area contributed by atoms with Gasteiger partial charge in [0.15, 0.2) is 0 Å². The zero-order valence-electron chi connectivity index (χ0n) is 12.0. The lowest BCUT2D eigenvalue weighted by molar-refractivity contribution is -0.142. The molecule has 0 heterocycles. The molecule has 0 aromatic heterocycles. The summed E-state index contributed by atoms with van der Waals surface area (Å²) in [7, 11) is 0. The Hall–Kier alpha value is -1.20. The maximum atomic E-state index is 11.7. The van der Waals surface area contributed by atoms with Gasteiger partial charge in [-0.1, -0.05) is 24.9 Å². The zero-order chi connectivity index (χ0) is 15.7. The van der Waals surface area contributed by atoms with Crippen molar-refractivity contribution < 1.29 is 14.7 Å². The van der Waals surface area contributed by atoms with Crippen molar-refractivity contribution in [2.24, 2.45) is 0 Å². The average Bonchev–Trinajstić information content (AvgIpc) is 2.45. The number of benzene rings is 1. The molecule has 0 bridgehead atoms. The Labute approximate surface area is 134 Å². The van der Waals surface area contributed by atoms with Crippen LogP contribution in [0.3, 0.4) is 0 Å². The number of nitrogens with one attached hydrogen (secondary N) is 1. The summed E-state index contributed by atoms with van der Waals surface area (Å²) >= 11 is 7.46. The average molecular weight is 330 g/mol. The molecule has 1 aromatic rings. The van der Waals surface area contributed by atoms with Crippen LogP contribution in [0.15, 0.2) is 29.2 Å². The standard InChI is InChI=1S/C15H20ClNO3S/c1-2-4-13(15(19)20)17-14(18)5-3-10-21-12-8-6-11(16)7-9-12/h6-9,13H,2-5,10H2,1H3,(H,17,18)(H,19,20)/t13-/m1/s1. The molecule has 2 N–H and O–H groups in total. The number of carboxylic acid groups (broad SMARTS) is 1. The van der Waals surface area contributed by atoms with Gasteiger partial charge in [0, 0.05) is 16.3 Å². The summed E-state index contributed by atoms with van der Waals surface area (Å²) in [5, 5.41) is 12.2. The molecule has 0 saturated heterocycles. The molecule has 1 amide bonds. The molecule has 1 aromatic carbocycles. The van der Waals surface area contributed by atoms with E-state index < -0.39 is 12.0 Å². The van der Waals surface area contributed by atoms with E-state index in [1.807, 2.05) is 31.2 Å². The van der Waals surface area contributed by atoms with Crippen molar-refractivity contribution in [2.75, 3.05) is 5.75 Å². The molecule has 1 rings (SSSR count). The number of hydrogen-bond donors (Lipinski definition) is 2. The first kappa shape index (κ1) is 17.9. The number of amides is 1. The second-order valence-electron chi connectivity index (χ2n) is 4.65. The third-order valence-electron chi connectivity index (χ3n) is 2.84. The number of carbonyl (C=O) groups excluding carboxylic acids is 1. The summed E-state index contributed by atoms with van der Waals surface area (Å²) in [6, 6.07) is 6.77. The van der Waals surface area contributed by atoms with Gasteiger partial charge in [0.2, 0.25) is 5.91 Å². The normalized spacial score (nSPS) is 11.9. The van der Waals surface area contributed by atoms with E-state index in [9.17, 15) is 9.59 Å². The molecule has 4 nitrogen and oxygen atoms in total. The number of hydrogen-bond acceptors (Lipinski definition) is 3. The summed E-state index contributed by atoms with van der Waals surface area (Å²) in [4.78, 5) is 23.7. The molecular weight excluding hydrogens is 310 g/mol. The second kappa shape index (κ2) is 9.68. The van der Waals surface area contributed by atoms with Crippen molar-refractivity contribution in [3.8, 4) is 0 Å². The molecule has 0 aliphatic rings. The van der Waals surface area contributed by atoms with Crippen LogP contribution in [0.1, 0.15) is 32.6 Å². The van der Waals surface area contributed by atoms with Gasteiger partial charge in [-0.3, -0.25) is 4.79 Å². The van der Waals surface area contributed by atoms with Gasteiger partial charge in [-0.05, 0) is 42.9 Å². The third kappa shape index (κ3) is 7.39. The Balaban J connectivity index is 2.23. The minimum Gasteiger partial charge on any atom is -0.480 e. The molecule has 0 aliphatic carbocycles. The summed E-state index contributed by atoms with van der Waals surface area (Å²) in [6.07, 6.45) is 2.23. The van der Waals surface area contributed by atoms with Crippen molar-refractivity contribution in [1.29, 1.82) is 0 Å². The van der Waals surface area contributed by atoms with Crippen molar-refractivity contribution in [3.05, 3.63) is 29.3 Å². The predicted molar refractivity (Wildman–Crippen MR) is 85.9 cm³/mol. The van der Waals surface area contributed by atoms with E-state index >= 15 is 0 Å². The van der Waals surface area contributed by atoms with Crippen LogP contribution in [0.4, 0.5) is 0 Å². The first-order valence-corrected chi connectivity index (χ1v) is 8.29. The first-order valence-electron chi connectivity index (χ1n) is 6.93. The Morgan fingerprint density at radius 3 is 2.57 bits per heavy atom. The van der Waals surface area contributed by atoms with Gasteiger partial charge in [0.25, 0.3) is 0 Å². The Bertz CT molecular complexity index is 464. The number of carbonyl (C=O) groups is 2. The highest BCUT2D eigenvalue weighted by molar-refractivity contribution is 7.99. The van der Waals surface area contributed by atoms with Crippen molar-refractivity contribution in [3.63, 3.8) is 0 Å². The fourth-order valence-corrected chi connectivity index (χ4v) is 2.75. The highest BCUT2D eigenvalue weighted by Gasteiger charge is 2.18. The highest BCUT2D eigenvalue weighted by Crippen LogP contribution is 2.21. The van der Waals surface area contributed by atoms with E-state index in [1.54, 1.807) is 11.8 Å².